The van der Waals surface area contributed by atoms with Gasteiger partial charge in [-0.1, -0.05) is 18.7 Å². The average molecular weight is 350 g/mol. The summed E-state index contributed by atoms with van der Waals surface area (Å²) in [6.45, 7) is 7.08. The molecule has 2 fully saturated rings. The standard InChI is InChI=1S/C17H22N2O4S/c1-12(2)9-23-16-6-4-3-5-13(16)17(20)19-8-7-18-14-10-24(21,22)11-15(14)19/h3-6,14-15,18H,1,7-11H2,2H3/t14-,15+/m1/s1. The molecule has 1 aromatic rings. The lowest BCUT2D eigenvalue weighted by molar-refractivity contribution is 0.0617. The number of carbonyl (C=O) groups is 1. The zero-order valence-corrected chi connectivity index (χ0v) is 14.5. The maximum atomic E-state index is 13.0. The summed E-state index contributed by atoms with van der Waals surface area (Å²) in [5.41, 5.74) is 1.32. The normalized spacial score (nSPS) is 25.1. The van der Waals surface area contributed by atoms with Crippen LogP contribution in [0.15, 0.2) is 36.4 Å². The molecule has 24 heavy (non-hydrogen) atoms. The third-order valence-electron chi connectivity index (χ3n) is 4.33. The van der Waals surface area contributed by atoms with Gasteiger partial charge in [0.2, 0.25) is 0 Å². The van der Waals surface area contributed by atoms with Gasteiger partial charge in [-0.05, 0) is 24.6 Å². The largest absolute Gasteiger partial charge is 0.488 e. The van der Waals surface area contributed by atoms with Crippen molar-refractivity contribution in [1.29, 1.82) is 0 Å². The third-order valence-corrected chi connectivity index (χ3v) is 6.05. The molecule has 7 heteroatoms. The van der Waals surface area contributed by atoms with Gasteiger partial charge in [0.25, 0.3) is 5.91 Å². The van der Waals surface area contributed by atoms with E-state index in [1.807, 2.05) is 13.0 Å². The lowest BCUT2D eigenvalue weighted by Crippen LogP contribution is -2.59. The number of piperazine rings is 1. The second-order valence-corrected chi connectivity index (χ2v) is 8.60. The van der Waals surface area contributed by atoms with Crippen LogP contribution in [0.5, 0.6) is 5.75 Å². The molecule has 3 rings (SSSR count). The molecule has 0 spiro atoms. The van der Waals surface area contributed by atoms with E-state index in [-0.39, 0.29) is 29.5 Å². The Hall–Kier alpha value is -1.86. The van der Waals surface area contributed by atoms with Gasteiger partial charge in [-0.3, -0.25) is 4.79 Å². The summed E-state index contributed by atoms with van der Waals surface area (Å²) in [6, 6.07) is 6.57. The first-order valence-electron chi connectivity index (χ1n) is 7.98. The number of rotatable bonds is 4. The van der Waals surface area contributed by atoms with E-state index in [4.69, 9.17) is 4.74 Å². The zero-order chi connectivity index (χ0) is 17.3. The van der Waals surface area contributed by atoms with Crippen molar-refractivity contribution in [1.82, 2.24) is 10.2 Å². The Labute approximate surface area is 142 Å². The van der Waals surface area contributed by atoms with Crippen molar-refractivity contribution in [2.45, 2.75) is 19.0 Å². The monoisotopic (exact) mass is 350 g/mol. The number of hydrogen-bond donors (Lipinski definition) is 1. The highest BCUT2D eigenvalue weighted by molar-refractivity contribution is 7.91. The summed E-state index contributed by atoms with van der Waals surface area (Å²) in [5, 5.41) is 3.21. The van der Waals surface area contributed by atoms with Crippen LogP contribution < -0.4 is 10.1 Å². The lowest BCUT2D eigenvalue weighted by Gasteiger charge is -2.37. The second kappa shape index (κ2) is 6.57. The molecule has 6 nitrogen and oxygen atoms in total. The topological polar surface area (TPSA) is 75.7 Å². The van der Waals surface area contributed by atoms with Gasteiger partial charge in [0.1, 0.15) is 12.4 Å². The molecular weight excluding hydrogens is 328 g/mol. The van der Waals surface area contributed by atoms with Crippen molar-refractivity contribution >= 4 is 15.7 Å². The molecule has 1 amide bonds. The lowest BCUT2D eigenvalue weighted by atomic mass is 10.0. The molecule has 0 aliphatic carbocycles. The van der Waals surface area contributed by atoms with Crippen LogP contribution in [0, 0.1) is 0 Å². The third kappa shape index (κ3) is 3.47. The summed E-state index contributed by atoms with van der Waals surface area (Å²) in [6.07, 6.45) is 0. The molecule has 2 aliphatic rings. The summed E-state index contributed by atoms with van der Waals surface area (Å²) < 4.78 is 29.5. The van der Waals surface area contributed by atoms with Crippen molar-refractivity contribution < 1.29 is 17.9 Å². The Balaban J connectivity index is 1.85. The molecule has 2 atom stereocenters. The number of benzene rings is 1. The van der Waals surface area contributed by atoms with Crippen LogP contribution in [-0.2, 0) is 9.84 Å². The summed E-state index contributed by atoms with van der Waals surface area (Å²) in [7, 11) is -3.11. The van der Waals surface area contributed by atoms with E-state index in [0.29, 0.717) is 31.0 Å². The van der Waals surface area contributed by atoms with Crippen molar-refractivity contribution in [2.75, 3.05) is 31.2 Å². The Morgan fingerprint density at radius 2 is 2.12 bits per heavy atom. The fourth-order valence-electron chi connectivity index (χ4n) is 3.24. The summed E-state index contributed by atoms with van der Waals surface area (Å²) >= 11 is 0. The minimum atomic E-state index is -3.11. The van der Waals surface area contributed by atoms with Gasteiger partial charge in [0.15, 0.2) is 9.84 Å². The quantitative estimate of drug-likeness (QED) is 0.815. The number of sulfone groups is 1. The molecule has 2 saturated heterocycles. The molecule has 0 unspecified atom stereocenters. The molecule has 0 aromatic heterocycles. The number of hydrogen-bond acceptors (Lipinski definition) is 5. The maximum absolute atomic E-state index is 13.0. The number of ether oxygens (including phenoxy) is 1. The number of fused-ring (bicyclic) bond motifs is 1. The number of amides is 1. The molecule has 2 aliphatic heterocycles. The van der Waals surface area contributed by atoms with Gasteiger partial charge in [0, 0.05) is 19.1 Å². The van der Waals surface area contributed by atoms with Gasteiger partial charge in [-0.25, -0.2) is 8.42 Å². The van der Waals surface area contributed by atoms with E-state index in [0.717, 1.165) is 5.57 Å². The van der Waals surface area contributed by atoms with Crippen LogP contribution in [-0.4, -0.2) is 62.5 Å². The number of carbonyl (C=O) groups excluding carboxylic acids is 1. The van der Waals surface area contributed by atoms with Crippen LogP contribution in [0.2, 0.25) is 0 Å². The molecule has 2 heterocycles. The molecular formula is C17H22N2O4S. The molecule has 1 N–H and O–H groups in total. The van der Waals surface area contributed by atoms with Gasteiger partial charge < -0.3 is 15.0 Å². The fourth-order valence-corrected chi connectivity index (χ4v) is 5.20. The molecule has 0 radical (unpaired) electrons. The SMILES string of the molecule is C=C(C)COc1ccccc1C(=O)N1CCN[C@@H]2CS(=O)(=O)C[C@@H]21. The summed E-state index contributed by atoms with van der Waals surface area (Å²) in [4.78, 5) is 14.7. The van der Waals surface area contributed by atoms with E-state index >= 15 is 0 Å². The maximum Gasteiger partial charge on any atom is 0.257 e. The van der Waals surface area contributed by atoms with Gasteiger partial charge in [0.05, 0.1) is 23.1 Å². The van der Waals surface area contributed by atoms with Gasteiger partial charge in [-0.2, -0.15) is 0 Å². The molecule has 0 bridgehead atoms. The van der Waals surface area contributed by atoms with Crippen molar-refractivity contribution in [3.05, 3.63) is 42.0 Å². The molecule has 0 saturated carbocycles. The predicted molar refractivity (Wildman–Crippen MR) is 92.0 cm³/mol. The Morgan fingerprint density at radius 1 is 1.38 bits per heavy atom. The van der Waals surface area contributed by atoms with Crippen LogP contribution in [0.1, 0.15) is 17.3 Å². The first-order valence-corrected chi connectivity index (χ1v) is 9.80. The van der Waals surface area contributed by atoms with Crippen molar-refractivity contribution in [2.24, 2.45) is 0 Å². The van der Waals surface area contributed by atoms with E-state index in [9.17, 15) is 13.2 Å². The highest BCUT2D eigenvalue weighted by Gasteiger charge is 2.44. The van der Waals surface area contributed by atoms with Crippen LogP contribution in [0.4, 0.5) is 0 Å². The Morgan fingerprint density at radius 3 is 2.88 bits per heavy atom. The predicted octanol–water partition coefficient (Wildman–Crippen LogP) is 0.853. The van der Waals surface area contributed by atoms with Crippen molar-refractivity contribution in [3.8, 4) is 5.75 Å². The highest BCUT2D eigenvalue weighted by Crippen LogP contribution is 2.26. The molecule has 1 aromatic carbocycles. The van der Waals surface area contributed by atoms with Gasteiger partial charge in [-0.15, -0.1) is 0 Å². The minimum Gasteiger partial charge on any atom is -0.488 e. The first-order chi connectivity index (χ1) is 11.4. The van der Waals surface area contributed by atoms with Crippen molar-refractivity contribution in [3.63, 3.8) is 0 Å². The number of para-hydroxylation sites is 1. The first kappa shape index (κ1) is 17.0. The number of nitrogens with one attached hydrogen (secondary N) is 1. The van der Waals surface area contributed by atoms with Crippen LogP contribution in [0.3, 0.4) is 0 Å². The zero-order valence-electron chi connectivity index (χ0n) is 13.7. The van der Waals surface area contributed by atoms with Crippen LogP contribution >= 0.6 is 0 Å². The molecule has 130 valence electrons. The Kier molecular flexibility index (Phi) is 4.64. The van der Waals surface area contributed by atoms with E-state index in [1.165, 1.54) is 0 Å². The van der Waals surface area contributed by atoms with Gasteiger partial charge >= 0.3 is 0 Å². The summed E-state index contributed by atoms with van der Waals surface area (Å²) in [5.74, 6) is 0.433. The minimum absolute atomic E-state index is 0.0190. The average Bonchev–Trinajstić information content (AvgIpc) is 2.86. The smallest absolute Gasteiger partial charge is 0.257 e. The highest BCUT2D eigenvalue weighted by atomic mass is 32.2. The van der Waals surface area contributed by atoms with E-state index in [1.54, 1.807) is 23.1 Å². The second-order valence-electron chi connectivity index (χ2n) is 6.45. The Bertz CT molecular complexity index is 760. The van der Waals surface area contributed by atoms with E-state index in [2.05, 4.69) is 11.9 Å². The van der Waals surface area contributed by atoms with E-state index < -0.39 is 9.84 Å². The van der Waals surface area contributed by atoms with Crippen LogP contribution in [0.25, 0.3) is 0 Å². The number of nitrogens with zero attached hydrogens (tertiary/aromatic N) is 1. The fraction of sp³-hybridized carbons (Fsp3) is 0.471.